The van der Waals surface area contributed by atoms with E-state index in [0.717, 1.165) is 37.9 Å². The molecule has 5 nitrogen and oxygen atoms in total. The van der Waals surface area contributed by atoms with Crippen molar-refractivity contribution in [2.45, 2.75) is 37.8 Å². The first-order chi connectivity index (χ1) is 9.72. The van der Waals surface area contributed by atoms with E-state index in [4.69, 9.17) is 15.2 Å². The van der Waals surface area contributed by atoms with Crippen molar-refractivity contribution in [1.82, 2.24) is 0 Å². The van der Waals surface area contributed by atoms with Gasteiger partial charge in [-0.2, -0.15) is 0 Å². The van der Waals surface area contributed by atoms with Gasteiger partial charge in [-0.1, -0.05) is 6.07 Å². The summed E-state index contributed by atoms with van der Waals surface area (Å²) in [5, 5.41) is 2.81. The quantitative estimate of drug-likeness (QED) is 0.882. The SMILES string of the molecule is NC(CCC1CCCO1)c1ccc2c(c1)NC(=O)CO2. The predicted octanol–water partition coefficient (Wildman–Crippen LogP) is 1.98. The molecule has 2 heterocycles. The molecule has 1 fully saturated rings. The highest BCUT2D eigenvalue weighted by atomic mass is 16.5. The van der Waals surface area contributed by atoms with Crippen LogP contribution in [0, 0.1) is 0 Å². The summed E-state index contributed by atoms with van der Waals surface area (Å²) >= 11 is 0. The predicted molar refractivity (Wildman–Crippen MR) is 75.7 cm³/mol. The van der Waals surface area contributed by atoms with E-state index in [9.17, 15) is 4.79 Å². The fourth-order valence-corrected chi connectivity index (χ4v) is 2.74. The van der Waals surface area contributed by atoms with E-state index in [2.05, 4.69) is 5.32 Å². The average Bonchev–Trinajstić information content (AvgIpc) is 2.97. The van der Waals surface area contributed by atoms with Gasteiger partial charge in [0.15, 0.2) is 6.61 Å². The molecule has 2 aliphatic rings. The number of carbonyl (C=O) groups is 1. The van der Waals surface area contributed by atoms with Crippen LogP contribution < -0.4 is 15.8 Å². The lowest BCUT2D eigenvalue weighted by atomic mass is 9.99. The maximum atomic E-state index is 11.3. The number of amides is 1. The van der Waals surface area contributed by atoms with E-state index < -0.39 is 0 Å². The summed E-state index contributed by atoms with van der Waals surface area (Å²) in [6.45, 7) is 0.958. The second-order valence-electron chi connectivity index (χ2n) is 5.41. The summed E-state index contributed by atoms with van der Waals surface area (Å²) in [4.78, 5) is 11.3. The van der Waals surface area contributed by atoms with Crippen molar-refractivity contribution in [3.05, 3.63) is 23.8 Å². The van der Waals surface area contributed by atoms with Gasteiger partial charge in [0.05, 0.1) is 11.8 Å². The Balaban J connectivity index is 1.63. The normalized spacial score (nSPS) is 22.9. The summed E-state index contributed by atoms with van der Waals surface area (Å²) < 4.78 is 11.0. The minimum Gasteiger partial charge on any atom is -0.482 e. The molecule has 2 unspecified atom stereocenters. The van der Waals surface area contributed by atoms with Crippen molar-refractivity contribution in [2.75, 3.05) is 18.5 Å². The van der Waals surface area contributed by atoms with E-state index in [-0.39, 0.29) is 18.6 Å². The van der Waals surface area contributed by atoms with E-state index >= 15 is 0 Å². The molecule has 0 aliphatic carbocycles. The Morgan fingerprint density at radius 3 is 3.15 bits per heavy atom. The molecule has 3 N–H and O–H groups in total. The van der Waals surface area contributed by atoms with Gasteiger partial charge in [0.25, 0.3) is 5.91 Å². The minimum atomic E-state index is -0.123. The molecule has 0 radical (unpaired) electrons. The van der Waals surface area contributed by atoms with Crippen molar-refractivity contribution in [2.24, 2.45) is 5.73 Å². The molecule has 1 aromatic carbocycles. The molecule has 1 aromatic rings. The summed E-state index contributed by atoms with van der Waals surface area (Å²) in [7, 11) is 0. The summed E-state index contributed by atoms with van der Waals surface area (Å²) in [5.74, 6) is 0.585. The number of rotatable bonds is 4. The summed E-state index contributed by atoms with van der Waals surface area (Å²) in [5.41, 5.74) is 7.97. The molecule has 3 rings (SSSR count). The van der Waals surface area contributed by atoms with Crippen LogP contribution in [0.15, 0.2) is 18.2 Å². The Hall–Kier alpha value is -1.59. The number of anilines is 1. The van der Waals surface area contributed by atoms with E-state index in [1.807, 2.05) is 18.2 Å². The van der Waals surface area contributed by atoms with Crippen LogP contribution >= 0.6 is 0 Å². The molecule has 2 aliphatic heterocycles. The Bertz CT molecular complexity index is 498. The molecule has 0 saturated carbocycles. The molecule has 0 bridgehead atoms. The number of hydrogen-bond donors (Lipinski definition) is 2. The van der Waals surface area contributed by atoms with Crippen LogP contribution in [0.5, 0.6) is 5.75 Å². The zero-order valence-electron chi connectivity index (χ0n) is 11.4. The number of nitrogens with two attached hydrogens (primary N) is 1. The molecule has 2 atom stereocenters. The van der Waals surface area contributed by atoms with Gasteiger partial charge in [0.2, 0.25) is 0 Å². The first-order valence-corrected chi connectivity index (χ1v) is 7.16. The fraction of sp³-hybridized carbons (Fsp3) is 0.533. The lowest BCUT2D eigenvalue weighted by Crippen LogP contribution is -2.25. The van der Waals surface area contributed by atoms with Crippen molar-refractivity contribution in [3.63, 3.8) is 0 Å². The van der Waals surface area contributed by atoms with Crippen molar-refractivity contribution < 1.29 is 14.3 Å². The van der Waals surface area contributed by atoms with Crippen LogP contribution in [0.2, 0.25) is 0 Å². The summed E-state index contributed by atoms with van der Waals surface area (Å²) in [6, 6.07) is 5.71. The van der Waals surface area contributed by atoms with Gasteiger partial charge in [0, 0.05) is 12.6 Å². The van der Waals surface area contributed by atoms with Crippen molar-refractivity contribution in [3.8, 4) is 5.75 Å². The highest BCUT2D eigenvalue weighted by Crippen LogP contribution is 2.31. The van der Waals surface area contributed by atoms with Crippen LogP contribution in [0.3, 0.4) is 0 Å². The first-order valence-electron chi connectivity index (χ1n) is 7.16. The van der Waals surface area contributed by atoms with E-state index in [0.29, 0.717) is 17.5 Å². The number of fused-ring (bicyclic) bond motifs is 1. The van der Waals surface area contributed by atoms with Gasteiger partial charge in [0.1, 0.15) is 5.75 Å². The average molecular weight is 276 g/mol. The lowest BCUT2D eigenvalue weighted by Gasteiger charge is -2.21. The molecule has 0 spiro atoms. The number of benzene rings is 1. The number of nitrogens with one attached hydrogen (secondary N) is 1. The highest BCUT2D eigenvalue weighted by molar-refractivity contribution is 5.95. The van der Waals surface area contributed by atoms with Crippen LogP contribution in [-0.2, 0) is 9.53 Å². The number of hydrogen-bond acceptors (Lipinski definition) is 4. The lowest BCUT2D eigenvalue weighted by molar-refractivity contribution is -0.118. The fourth-order valence-electron chi connectivity index (χ4n) is 2.74. The molecule has 20 heavy (non-hydrogen) atoms. The molecule has 108 valence electrons. The number of carbonyl (C=O) groups excluding carboxylic acids is 1. The second-order valence-corrected chi connectivity index (χ2v) is 5.41. The monoisotopic (exact) mass is 276 g/mol. The van der Waals surface area contributed by atoms with Crippen molar-refractivity contribution >= 4 is 11.6 Å². The third kappa shape index (κ3) is 2.94. The Morgan fingerprint density at radius 1 is 1.45 bits per heavy atom. The molecular weight excluding hydrogens is 256 g/mol. The summed E-state index contributed by atoms with van der Waals surface area (Å²) in [6.07, 6.45) is 4.53. The van der Waals surface area contributed by atoms with Crippen LogP contribution in [-0.4, -0.2) is 25.2 Å². The Labute approximate surface area is 118 Å². The largest absolute Gasteiger partial charge is 0.482 e. The van der Waals surface area contributed by atoms with E-state index in [1.165, 1.54) is 0 Å². The minimum absolute atomic E-state index is 0.0386. The zero-order valence-corrected chi connectivity index (χ0v) is 11.4. The maximum absolute atomic E-state index is 11.3. The van der Waals surface area contributed by atoms with Crippen LogP contribution in [0.4, 0.5) is 5.69 Å². The van der Waals surface area contributed by atoms with Gasteiger partial charge in [-0.15, -0.1) is 0 Å². The van der Waals surface area contributed by atoms with Gasteiger partial charge in [-0.3, -0.25) is 4.79 Å². The molecule has 5 heteroatoms. The second kappa shape index (κ2) is 5.81. The third-order valence-corrected chi connectivity index (χ3v) is 3.89. The Morgan fingerprint density at radius 2 is 2.35 bits per heavy atom. The molecular formula is C15H20N2O3. The molecule has 0 aromatic heterocycles. The van der Waals surface area contributed by atoms with Gasteiger partial charge < -0.3 is 20.5 Å². The standard InChI is InChI=1S/C15H20N2O3/c16-12(5-4-11-2-1-7-19-11)10-3-6-14-13(8-10)17-15(18)9-20-14/h3,6,8,11-12H,1-2,4-5,7,9,16H2,(H,17,18). The van der Waals surface area contributed by atoms with E-state index in [1.54, 1.807) is 0 Å². The first kappa shape index (κ1) is 13.4. The maximum Gasteiger partial charge on any atom is 0.262 e. The molecule has 1 saturated heterocycles. The molecule has 1 amide bonds. The highest BCUT2D eigenvalue weighted by Gasteiger charge is 2.20. The van der Waals surface area contributed by atoms with Crippen molar-refractivity contribution in [1.29, 1.82) is 0 Å². The Kier molecular flexibility index (Phi) is 3.89. The van der Waals surface area contributed by atoms with Crippen LogP contribution in [0.1, 0.15) is 37.3 Å². The topological polar surface area (TPSA) is 73.6 Å². The van der Waals surface area contributed by atoms with Crippen LogP contribution in [0.25, 0.3) is 0 Å². The van der Waals surface area contributed by atoms with Gasteiger partial charge in [-0.05, 0) is 43.4 Å². The smallest absolute Gasteiger partial charge is 0.262 e. The zero-order chi connectivity index (χ0) is 13.9. The van der Waals surface area contributed by atoms with Gasteiger partial charge in [-0.25, -0.2) is 0 Å². The third-order valence-electron chi connectivity index (χ3n) is 3.89. The number of ether oxygens (including phenoxy) is 2. The van der Waals surface area contributed by atoms with Gasteiger partial charge >= 0.3 is 0 Å².